The molecule has 0 aromatic carbocycles. The summed E-state index contributed by atoms with van der Waals surface area (Å²) in [5.74, 6) is 0.836. The molecule has 0 spiro atoms. The number of hydrogen-bond acceptors (Lipinski definition) is 4. The fourth-order valence-electron chi connectivity index (χ4n) is 2.50. The normalized spacial score (nSPS) is 19.6. The Morgan fingerprint density at radius 2 is 1.84 bits per heavy atom. The molecule has 1 unspecified atom stereocenters. The Kier molecular flexibility index (Phi) is 4.61. The van der Waals surface area contributed by atoms with Crippen LogP contribution in [0.5, 0.6) is 0 Å². The molecule has 1 fully saturated rings. The van der Waals surface area contributed by atoms with Gasteiger partial charge in [-0.05, 0) is 36.7 Å². The van der Waals surface area contributed by atoms with E-state index in [4.69, 9.17) is 0 Å². The highest BCUT2D eigenvalue weighted by Gasteiger charge is 2.28. The Labute approximate surface area is 122 Å². The van der Waals surface area contributed by atoms with Gasteiger partial charge in [0, 0.05) is 32.2 Å². The standard InChI is InChI=1S/C13H20BrN5/c1-9(2)18-4-6-19(7-5-18)11(8-15)12-13(14)17-10(3)16-12/h9,11H,4-7H2,1-3H3,(H,16,17). The zero-order valence-electron chi connectivity index (χ0n) is 11.6. The van der Waals surface area contributed by atoms with Crippen molar-refractivity contribution in [2.45, 2.75) is 32.9 Å². The summed E-state index contributed by atoms with van der Waals surface area (Å²) < 4.78 is 0.753. The summed E-state index contributed by atoms with van der Waals surface area (Å²) >= 11 is 3.43. The highest BCUT2D eigenvalue weighted by Crippen LogP contribution is 2.26. The third kappa shape index (κ3) is 3.16. The molecule has 1 aliphatic heterocycles. The van der Waals surface area contributed by atoms with Crippen molar-refractivity contribution in [1.82, 2.24) is 19.8 Å². The number of rotatable bonds is 3. The first-order chi connectivity index (χ1) is 9.02. The summed E-state index contributed by atoms with van der Waals surface area (Å²) in [5.41, 5.74) is 0.873. The fraction of sp³-hybridized carbons (Fsp3) is 0.692. The number of imidazole rings is 1. The maximum Gasteiger partial charge on any atom is 0.141 e. The molecule has 1 aromatic heterocycles. The van der Waals surface area contributed by atoms with Crippen molar-refractivity contribution in [2.24, 2.45) is 0 Å². The largest absolute Gasteiger partial charge is 0.343 e. The van der Waals surface area contributed by atoms with Gasteiger partial charge < -0.3 is 4.98 Å². The van der Waals surface area contributed by atoms with Crippen molar-refractivity contribution in [2.75, 3.05) is 26.2 Å². The van der Waals surface area contributed by atoms with E-state index >= 15 is 0 Å². The lowest BCUT2D eigenvalue weighted by Crippen LogP contribution is -2.49. The average molecular weight is 326 g/mol. The lowest BCUT2D eigenvalue weighted by atomic mass is 10.1. The molecule has 1 saturated heterocycles. The van der Waals surface area contributed by atoms with Crippen LogP contribution in [-0.4, -0.2) is 52.0 Å². The minimum absolute atomic E-state index is 0.245. The first kappa shape index (κ1) is 14.5. The zero-order valence-corrected chi connectivity index (χ0v) is 13.2. The lowest BCUT2D eigenvalue weighted by Gasteiger charge is -2.38. The number of aryl methyl sites for hydroxylation is 1. The van der Waals surface area contributed by atoms with E-state index in [-0.39, 0.29) is 6.04 Å². The summed E-state index contributed by atoms with van der Waals surface area (Å²) in [6.45, 7) is 10.2. The van der Waals surface area contributed by atoms with Crippen molar-refractivity contribution in [3.63, 3.8) is 0 Å². The van der Waals surface area contributed by atoms with Gasteiger partial charge in [0.2, 0.25) is 0 Å². The summed E-state index contributed by atoms with van der Waals surface area (Å²) in [4.78, 5) is 12.1. The maximum atomic E-state index is 9.47. The number of nitriles is 1. The Morgan fingerprint density at radius 3 is 2.26 bits per heavy atom. The van der Waals surface area contributed by atoms with E-state index in [1.54, 1.807) is 0 Å². The Hall–Kier alpha value is -0.900. The minimum atomic E-state index is -0.245. The van der Waals surface area contributed by atoms with Crippen LogP contribution in [-0.2, 0) is 0 Å². The van der Waals surface area contributed by atoms with Crippen molar-refractivity contribution < 1.29 is 0 Å². The third-order valence-corrected chi connectivity index (χ3v) is 4.25. The monoisotopic (exact) mass is 325 g/mol. The van der Waals surface area contributed by atoms with Crippen molar-refractivity contribution in [3.8, 4) is 6.07 Å². The summed E-state index contributed by atoms with van der Waals surface area (Å²) in [6.07, 6.45) is 0. The maximum absolute atomic E-state index is 9.47. The molecule has 0 saturated carbocycles. The number of aromatic amines is 1. The quantitative estimate of drug-likeness (QED) is 0.924. The van der Waals surface area contributed by atoms with E-state index in [9.17, 15) is 5.26 Å². The van der Waals surface area contributed by atoms with Gasteiger partial charge in [-0.1, -0.05) is 0 Å². The highest BCUT2D eigenvalue weighted by atomic mass is 79.9. The molecular weight excluding hydrogens is 306 g/mol. The van der Waals surface area contributed by atoms with Crippen molar-refractivity contribution >= 4 is 15.9 Å². The van der Waals surface area contributed by atoms with Gasteiger partial charge in [-0.25, -0.2) is 4.98 Å². The number of H-pyrrole nitrogens is 1. The molecule has 2 rings (SSSR count). The molecule has 1 aromatic rings. The van der Waals surface area contributed by atoms with Gasteiger partial charge in [-0.3, -0.25) is 9.80 Å². The zero-order chi connectivity index (χ0) is 14.0. The van der Waals surface area contributed by atoms with Gasteiger partial charge >= 0.3 is 0 Å². The van der Waals surface area contributed by atoms with Crippen LogP contribution in [0.3, 0.4) is 0 Å². The molecule has 1 aliphatic rings. The van der Waals surface area contributed by atoms with Crippen LogP contribution in [0, 0.1) is 18.3 Å². The van der Waals surface area contributed by atoms with E-state index in [1.807, 2.05) is 6.92 Å². The molecule has 19 heavy (non-hydrogen) atoms. The number of nitrogens with zero attached hydrogens (tertiary/aromatic N) is 4. The Balaban J connectivity index is 2.08. The molecule has 104 valence electrons. The Bertz CT molecular complexity index is 468. The van der Waals surface area contributed by atoms with Gasteiger partial charge in [0.25, 0.3) is 0 Å². The molecule has 6 heteroatoms. The van der Waals surface area contributed by atoms with Crippen LogP contribution in [0.15, 0.2) is 4.60 Å². The number of aromatic nitrogens is 2. The molecule has 1 atom stereocenters. The van der Waals surface area contributed by atoms with Crippen LogP contribution in [0.2, 0.25) is 0 Å². The van der Waals surface area contributed by atoms with Crippen LogP contribution < -0.4 is 0 Å². The smallest absolute Gasteiger partial charge is 0.141 e. The first-order valence-corrected chi connectivity index (χ1v) is 7.42. The molecule has 0 amide bonds. The topological polar surface area (TPSA) is 59.0 Å². The molecule has 0 bridgehead atoms. The van der Waals surface area contributed by atoms with Gasteiger partial charge in [0.1, 0.15) is 16.5 Å². The highest BCUT2D eigenvalue weighted by molar-refractivity contribution is 9.10. The van der Waals surface area contributed by atoms with E-state index < -0.39 is 0 Å². The predicted molar refractivity (Wildman–Crippen MR) is 77.7 cm³/mol. The van der Waals surface area contributed by atoms with Crippen LogP contribution >= 0.6 is 15.9 Å². The number of halogens is 1. The molecule has 0 radical (unpaired) electrons. The van der Waals surface area contributed by atoms with Gasteiger partial charge in [0.15, 0.2) is 0 Å². The molecular formula is C13H20BrN5. The minimum Gasteiger partial charge on any atom is -0.343 e. The number of piperazine rings is 1. The third-order valence-electron chi connectivity index (χ3n) is 3.64. The second-order valence-electron chi connectivity index (χ2n) is 5.22. The van der Waals surface area contributed by atoms with Gasteiger partial charge in [-0.2, -0.15) is 5.26 Å². The van der Waals surface area contributed by atoms with Gasteiger partial charge in [0.05, 0.1) is 11.8 Å². The SMILES string of the molecule is Cc1nc(Br)c(C(C#N)N2CCN(C(C)C)CC2)[nH]1. The lowest BCUT2D eigenvalue weighted by molar-refractivity contribution is 0.0920. The predicted octanol–water partition coefficient (Wildman–Crippen LogP) is 2.07. The fourth-order valence-corrected chi connectivity index (χ4v) is 3.09. The van der Waals surface area contributed by atoms with Crippen LogP contribution in [0.4, 0.5) is 0 Å². The second-order valence-corrected chi connectivity index (χ2v) is 5.98. The molecule has 2 heterocycles. The average Bonchev–Trinajstić information content (AvgIpc) is 2.70. The molecule has 5 nitrogen and oxygen atoms in total. The summed E-state index contributed by atoms with van der Waals surface area (Å²) in [6, 6.07) is 2.72. The van der Waals surface area contributed by atoms with E-state index in [2.05, 4.69) is 55.6 Å². The summed E-state index contributed by atoms with van der Waals surface area (Å²) in [7, 11) is 0. The van der Waals surface area contributed by atoms with E-state index in [0.717, 1.165) is 42.3 Å². The number of hydrogen-bond donors (Lipinski definition) is 1. The summed E-state index contributed by atoms with van der Waals surface area (Å²) in [5, 5.41) is 9.47. The molecule has 1 N–H and O–H groups in total. The van der Waals surface area contributed by atoms with Crippen molar-refractivity contribution in [3.05, 3.63) is 16.1 Å². The van der Waals surface area contributed by atoms with E-state index in [1.165, 1.54) is 0 Å². The van der Waals surface area contributed by atoms with Crippen LogP contribution in [0.25, 0.3) is 0 Å². The van der Waals surface area contributed by atoms with Crippen molar-refractivity contribution in [1.29, 1.82) is 5.26 Å². The number of nitrogens with one attached hydrogen (secondary N) is 1. The Morgan fingerprint density at radius 1 is 1.26 bits per heavy atom. The first-order valence-electron chi connectivity index (χ1n) is 6.62. The molecule has 0 aliphatic carbocycles. The van der Waals surface area contributed by atoms with Crippen LogP contribution in [0.1, 0.15) is 31.4 Å². The van der Waals surface area contributed by atoms with Gasteiger partial charge in [-0.15, -0.1) is 0 Å². The van der Waals surface area contributed by atoms with E-state index in [0.29, 0.717) is 6.04 Å². The second kappa shape index (κ2) is 6.04.